The highest BCUT2D eigenvalue weighted by Gasteiger charge is 2.21. The van der Waals surface area contributed by atoms with Crippen molar-refractivity contribution in [3.8, 4) is 0 Å². The van der Waals surface area contributed by atoms with Crippen LogP contribution in [-0.2, 0) is 23.9 Å². The van der Waals surface area contributed by atoms with E-state index < -0.39 is 42.4 Å². The van der Waals surface area contributed by atoms with Crippen LogP contribution in [0.1, 0.15) is 12.8 Å². The molecule has 0 aromatic carbocycles. The molecule has 0 fully saturated rings. The summed E-state index contributed by atoms with van der Waals surface area (Å²) in [6, 6.07) is -1.88. The SMILES string of the molecule is COC(=O)[C@@H](N)CCC(=O)N[C@@H](CS)C(=O)NCC(=O)O.Cl. The molecule has 0 aliphatic heterocycles. The number of amides is 2. The second-order valence-corrected chi connectivity index (χ2v) is 4.45. The maximum Gasteiger partial charge on any atom is 0.322 e. The van der Waals surface area contributed by atoms with E-state index in [1.807, 2.05) is 0 Å². The monoisotopic (exact) mass is 357 g/mol. The third-order valence-electron chi connectivity index (χ3n) is 2.43. The summed E-state index contributed by atoms with van der Waals surface area (Å²) in [6.45, 7) is -0.549. The number of carbonyl (C=O) groups excluding carboxylic acids is 3. The third kappa shape index (κ3) is 9.42. The number of hydrogen-bond acceptors (Lipinski definition) is 7. The molecule has 22 heavy (non-hydrogen) atoms. The van der Waals surface area contributed by atoms with Gasteiger partial charge in [0.25, 0.3) is 0 Å². The fourth-order valence-corrected chi connectivity index (χ4v) is 1.56. The second-order valence-electron chi connectivity index (χ2n) is 4.08. The fourth-order valence-electron chi connectivity index (χ4n) is 1.30. The van der Waals surface area contributed by atoms with Crippen molar-refractivity contribution >= 4 is 48.8 Å². The Hall–Kier alpha value is -1.52. The first-order chi connectivity index (χ1) is 9.81. The molecule has 2 amide bonds. The molecule has 11 heteroatoms. The fraction of sp³-hybridized carbons (Fsp3) is 0.636. The van der Waals surface area contributed by atoms with Gasteiger partial charge >= 0.3 is 11.9 Å². The number of aliphatic carboxylic acids is 1. The molecule has 0 bridgehead atoms. The number of halogens is 1. The van der Waals surface area contributed by atoms with Crippen molar-refractivity contribution in [2.24, 2.45) is 5.73 Å². The van der Waals surface area contributed by atoms with Crippen LogP contribution < -0.4 is 16.4 Å². The molecule has 0 unspecified atom stereocenters. The molecule has 2 atom stereocenters. The minimum Gasteiger partial charge on any atom is -0.480 e. The molecule has 0 rings (SSSR count). The van der Waals surface area contributed by atoms with Gasteiger partial charge < -0.3 is 26.2 Å². The topological polar surface area (TPSA) is 148 Å². The maximum atomic E-state index is 11.6. The molecule has 9 nitrogen and oxygen atoms in total. The van der Waals surface area contributed by atoms with Gasteiger partial charge in [-0.05, 0) is 6.42 Å². The smallest absolute Gasteiger partial charge is 0.322 e. The number of nitrogens with one attached hydrogen (secondary N) is 2. The number of ether oxygens (including phenoxy) is 1. The number of thiol groups is 1. The quantitative estimate of drug-likeness (QED) is 0.244. The van der Waals surface area contributed by atoms with Crippen molar-refractivity contribution < 1.29 is 29.0 Å². The summed E-state index contributed by atoms with van der Waals surface area (Å²) < 4.78 is 4.41. The highest BCUT2D eigenvalue weighted by Crippen LogP contribution is 1.98. The summed E-state index contributed by atoms with van der Waals surface area (Å²) in [4.78, 5) is 44.6. The van der Waals surface area contributed by atoms with Crippen LogP contribution in [0.4, 0.5) is 0 Å². The lowest BCUT2D eigenvalue weighted by Gasteiger charge is -2.16. The average molecular weight is 358 g/mol. The molecule has 0 heterocycles. The summed E-state index contributed by atoms with van der Waals surface area (Å²) in [5, 5.41) is 12.9. The highest BCUT2D eigenvalue weighted by atomic mass is 35.5. The maximum absolute atomic E-state index is 11.6. The lowest BCUT2D eigenvalue weighted by Crippen LogP contribution is -2.49. The molecule has 5 N–H and O–H groups in total. The summed E-state index contributed by atoms with van der Waals surface area (Å²) >= 11 is 3.91. The molecule has 0 aliphatic carbocycles. The first-order valence-corrected chi connectivity index (χ1v) is 6.68. The Morgan fingerprint density at radius 3 is 2.36 bits per heavy atom. The number of carboxylic acids is 1. The van der Waals surface area contributed by atoms with Crippen LogP contribution in [0.3, 0.4) is 0 Å². The minimum atomic E-state index is -1.20. The number of rotatable bonds is 9. The standard InChI is InChI=1S/C11H19N3O6S.ClH/c1-20-11(19)6(12)2-3-8(15)14-7(5-21)10(18)13-4-9(16)17;/h6-7,21H,2-5,12H2,1H3,(H,13,18)(H,14,15)(H,16,17);1H/t6-,7-;/m0./s1. The van der Waals surface area contributed by atoms with Gasteiger partial charge in [0.05, 0.1) is 7.11 Å². The molecule has 0 aromatic rings. The molecule has 0 aromatic heterocycles. The van der Waals surface area contributed by atoms with E-state index in [9.17, 15) is 19.2 Å². The Morgan fingerprint density at radius 2 is 1.91 bits per heavy atom. The summed E-state index contributed by atoms with van der Waals surface area (Å²) in [5.74, 6) is -2.98. The van der Waals surface area contributed by atoms with E-state index in [0.29, 0.717) is 0 Å². The second kappa shape index (κ2) is 12.1. The zero-order valence-corrected chi connectivity index (χ0v) is 13.6. The van der Waals surface area contributed by atoms with Crippen LogP contribution in [-0.4, -0.2) is 60.4 Å². The van der Waals surface area contributed by atoms with E-state index in [-0.39, 0.29) is 31.0 Å². The summed E-state index contributed by atoms with van der Waals surface area (Å²) in [7, 11) is 1.19. The van der Waals surface area contributed by atoms with E-state index in [4.69, 9.17) is 10.8 Å². The molecular weight excluding hydrogens is 338 g/mol. The molecular formula is C11H20ClN3O6S. The van der Waals surface area contributed by atoms with Gasteiger partial charge in [-0.15, -0.1) is 12.4 Å². The predicted octanol–water partition coefficient (Wildman–Crippen LogP) is -1.70. The Labute approximate surface area is 139 Å². The van der Waals surface area contributed by atoms with Gasteiger partial charge in [-0.2, -0.15) is 12.6 Å². The van der Waals surface area contributed by atoms with Gasteiger partial charge in [0.2, 0.25) is 11.8 Å². The Balaban J connectivity index is 0. The van der Waals surface area contributed by atoms with Gasteiger partial charge in [0.1, 0.15) is 18.6 Å². The van der Waals surface area contributed by atoms with Gasteiger partial charge in [0, 0.05) is 12.2 Å². The Bertz CT molecular complexity index is 409. The van der Waals surface area contributed by atoms with Crippen LogP contribution in [0.2, 0.25) is 0 Å². The summed E-state index contributed by atoms with van der Waals surface area (Å²) in [6.07, 6.45) is -0.0126. The average Bonchev–Trinajstić information content (AvgIpc) is 2.46. The third-order valence-corrected chi connectivity index (χ3v) is 2.80. The molecule has 0 saturated carbocycles. The number of hydrogen-bond donors (Lipinski definition) is 5. The number of nitrogens with two attached hydrogens (primary N) is 1. The molecule has 0 radical (unpaired) electrons. The van der Waals surface area contributed by atoms with Crippen LogP contribution in [0.15, 0.2) is 0 Å². The number of esters is 1. The van der Waals surface area contributed by atoms with Crippen LogP contribution in [0, 0.1) is 0 Å². The van der Waals surface area contributed by atoms with Crippen LogP contribution in [0.5, 0.6) is 0 Å². The van der Waals surface area contributed by atoms with Gasteiger partial charge in [0.15, 0.2) is 0 Å². The summed E-state index contributed by atoms with van der Waals surface area (Å²) in [5.41, 5.74) is 5.47. The predicted molar refractivity (Wildman–Crippen MR) is 82.9 cm³/mol. The van der Waals surface area contributed by atoms with Crippen molar-refractivity contribution in [2.45, 2.75) is 24.9 Å². The van der Waals surface area contributed by atoms with Crippen molar-refractivity contribution in [3.05, 3.63) is 0 Å². The molecule has 0 spiro atoms. The van der Waals surface area contributed by atoms with Gasteiger partial charge in [-0.3, -0.25) is 19.2 Å². The van der Waals surface area contributed by atoms with Crippen molar-refractivity contribution in [2.75, 3.05) is 19.4 Å². The number of carbonyl (C=O) groups is 4. The number of methoxy groups -OCH3 is 1. The van der Waals surface area contributed by atoms with Gasteiger partial charge in [-0.1, -0.05) is 0 Å². The Kier molecular flexibility index (Phi) is 12.5. The normalized spacial score (nSPS) is 12.3. The van der Waals surface area contributed by atoms with E-state index in [1.54, 1.807) is 0 Å². The Morgan fingerprint density at radius 1 is 1.32 bits per heavy atom. The first-order valence-electron chi connectivity index (χ1n) is 6.05. The molecule has 0 saturated heterocycles. The van der Waals surface area contributed by atoms with E-state index in [1.165, 1.54) is 7.11 Å². The molecule has 128 valence electrons. The van der Waals surface area contributed by atoms with E-state index >= 15 is 0 Å². The largest absolute Gasteiger partial charge is 0.480 e. The molecule has 0 aliphatic rings. The van der Waals surface area contributed by atoms with Crippen molar-refractivity contribution in [1.82, 2.24) is 10.6 Å². The number of carboxylic acid groups (broad SMARTS) is 1. The lowest BCUT2D eigenvalue weighted by atomic mass is 10.1. The van der Waals surface area contributed by atoms with Crippen molar-refractivity contribution in [1.29, 1.82) is 0 Å². The zero-order valence-electron chi connectivity index (χ0n) is 11.9. The van der Waals surface area contributed by atoms with Crippen LogP contribution in [0.25, 0.3) is 0 Å². The lowest BCUT2D eigenvalue weighted by molar-refractivity contribution is -0.142. The van der Waals surface area contributed by atoms with E-state index in [0.717, 1.165) is 0 Å². The van der Waals surface area contributed by atoms with Crippen molar-refractivity contribution in [3.63, 3.8) is 0 Å². The zero-order chi connectivity index (χ0) is 16.4. The van der Waals surface area contributed by atoms with Gasteiger partial charge in [-0.25, -0.2) is 0 Å². The van der Waals surface area contributed by atoms with E-state index in [2.05, 4.69) is 28.0 Å². The minimum absolute atomic E-state index is 0. The van der Waals surface area contributed by atoms with Crippen LogP contribution >= 0.6 is 25.0 Å². The first kappa shape index (κ1) is 22.8. The highest BCUT2D eigenvalue weighted by molar-refractivity contribution is 7.80.